The molecule has 3 rings (SSSR count). The summed E-state index contributed by atoms with van der Waals surface area (Å²) in [5.74, 6) is 0.225. The molecule has 0 aliphatic carbocycles. The number of benzene rings is 2. The average Bonchev–Trinajstić information content (AvgIpc) is 2.79. The van der Waals surface area contributed by atoms with Gasteiger partial charge in [-0.05, 0) is 82.0 Å². The molecule has 0 radical (unpaired) electrons. The summed E-state index contributed by atoms with van der Waals surface area (Å²) in [5.41, 5.74) is -0.453. The highest BCUT2D eigenvalue weighted by atomic mass is 32.2. The van der Waals surface area contributed by atoms with E-state index in [9.17, 15) is 22.7 Å². The van der Waals surface area contributed by atoms with Crippen molar-refractivity contribution >= 4 is 16.5 Å². The largest absolute Gasteiger partial charge is 0.489 e. The Balaban J connectivity index is 0.000000509. The van der Waals surface area contributed by atoms with Crippen LogP contribution in [0.25, 0.3) is 0 Å². The lowest BCUT2D eigenvalue weighted by molar-refractivity contribution is -0.138. The van der Waals surface area contributed by atoms with Gasteiger partial charge in [0.1, 0.15) is 23.8 Å². The number of carbonyl (C=O) groups is 1. The van der Waals surface area contributed by atoms with Crippen LogP contribution in [0.3, 0.4) is 0 Å². The fourth-order valence-electron chi connectivity index (χ4n) is 3.31. The Hall–Kier alpha value is -2.49. The quantitative estimate of drug-likeness (QED) is 0.576. The Labute approximate surface area is 201 Å². The van der Waals surface area contributed by atoms with E-state index in [-0.39, 0.29) is 29.5 Å². The van der Waals surface area contributed by atoms with Crippen LogP contribution in [0, 0.1) is 5.82 Å². The Morgan fingerprint density at radius 2 is 1.74 bits per heavy atom. The lowest BCUT2D eigenvalue weighted by Gasteiger charge is -2.37. The molecule has 1 saturated heterocycles. The monoisotopic (exact) mass is 495 g/mol. The van der Waals surface area contributed by atoms with Crippen molar-refractivity contribution in [2.75, 3.05) is 13.1 Å². The molecule has 0 aromatic heterocycles. The minimum absolute atomic E-state index is 0.120. The number of ether oxygens (including phenoxy) is 2. The van der Waals surface area contributed by atoms with E-state index in [2.05, 4.69) is 4.74 Å². The Morgan fingerprint density at radius 1 is 1.12 bits per heavy atom. The minimum Gasteiger partial charge on any atom is -0.489 e. The van der Waals surface area contributed by atoms with Gasteiger partial charge in [0.05, 0.1) is 10.5 Å². The van der Waals surface area contributed by atoms with Crippen molar-refractivity contribution in [3.63, 3.8) is 0 Å². The molecular weight excluding hydrogens is 461 g/mol. The molecule has 34 heavy (non-hydrogen) atoms. The second kappa shape index (κ2) is 11.8. The van der Waals surface area contributed by atoms with E-state index in [1.165, 1.54) is 28.6 Å². The van der Waals surface area contributed by atoms with Crippen LogP contribution in [0.15, 0.2) is 53.4 Å². The molecule has 1 fully saturated rings. The second-order valence-corrected chi connectivity index (χ2v) is 11.2. The molecule has 1 heterocycles. The zero-order valence-corrected chi connectivity index (χ0v) is 21.0. The van der Waals surface area contributed by atoms with Gasteiger partial charge in [-0.1, -0.05) is 19.1 Å². The van der Waals surface area contributed by atoms with Crippen molar-refractivity contribution in [2.24, 2.45) is 0 Å². The van der Waals surface area contributed by atoms with Gasteiger partial charge in [-0.15, -0.1) is 0 Å². The molecule has 1 atom stereocenters. The molecule has 2 aromatic carbocycles. The third kappa shape index (κ3) is 8.38. The van der Waals surface area contributed by atoms with E-state index in [4.69, 9.17) is 4.74 Å². The molecule has 188 valence electrons. The van der Waals surface area contributed by atoms with Crippen LogP contribution in [-0.2, 0) is 26.2 Å². The highest BCUT2D eigenvalue weighted by Crippen LogP contribution is 2.29. The van der Waals surface area contributed by atoms with E-state index in [0.717, 1.165) is 5.56 Å². The molecule has 2 aromatic rings. The summed E-state index contributed by atoms with van der Waals surface area (Å²) in [6.45, 7) is 8.58. The normalized spacial score (nSPS) is 19.0. The number of aliphatic hydroxyl groups is 1. The van der Waals surface area contributed by atoms with Crippen LogP contribution >= 0.6 is 0 Å². The number of piperidine rings is 1. The molecule has 1 unspecified atom stereocenters. The first-order chi connectivity index (χ1) is 15.9. The molecule has 0 spiro atoms. The minimum atomic E-state index is -3.66. The molecule has 7 nitrogen and oxygen atoms in total. The molecule has 1 N–H and O–H groups in total. The standard InChI is InChI=1S/C20H24FNO4S.C5H10O2/c1-2-20(23)12-3-13-22(15-20)27(24,25)19-10-8-18(9-11-19)26-14-16-4-6-17(21)7-5-16;1-5(2,3)7-4-6/h4-11,23H,2-3,12-15H2,1H3;4H,1-3H3. The topological polar surface area (TPSA) is 93.1 Å². The molecule has 0 saturated carbocycles. The molecular formula is C25H34FNO6S. The van der Waals surface area contributed by atoms with Crippen LogP contribution in [0.2, 0.25) is 0 Å². The number of β-amino-alcohol motifs (C(OH)–C–C–N with tert-alkyl or cyclic N) is 1. The fourth-order valence-corrected chi connectivity index (χ4v) is 4.87. The Bertz CT molecular complexity index is 1020. The maximum atomic E-state index is 12.9. The lowest BCUT2D eigenvalue weighted by Crippen LogP contribution is -2.49. The van der Waals surface area contributed by atoms with Crippen molar-refractivity contribution in [1.82, 2.24) is 4.31 Å². The van der Waals surface area contributed by atoms with Gasteiger partial charge in [-0.2, -0.15) is 4.31 Å². The van der Waals surface area contributed by atoms with Crippen LogP contribution in [0.4, 0.5) is 4.39 Å². The lowest BCUT2D eigenvalue weighted by atomic mass is 9.92. The van der Waals surface area contributed by atoms with Crippen molar-refractivity contribution in [3.05, 3.63) is 59.9 Å². The summed E-state index contributed by atoms with van der Waals surface area (Å²) >= 11 is 0. The summed E-state index contributed by atoms with van der Waals surface area (Å²) in [6, 6.07) is 12.2. The van der Waals surface area contributed by atoms with Gasteiger partial charge in [0, 0.05) is 13.1 Å². The van der Waals surface area contributed by atoms with Gasteiger partial charge in [0.25, 0.3) is 6.47 Å². The zero-order chi connectivity index (χ0) is 25.4. The number of nitrogens with zero attached hydrogens (tertiary/aromatic N) is 1. The van der Waals surface area contributed by atoms with Crippen LogP contribution in [-0.4, -0.2) is 48.6 Å². The molecule has 9 heteroatoms. The van der Waals surface area contributed by atoms with Gasteiger partial charge in [-0.3, -0.25) is 4.79 Å². The van der Waals surface area contributed by atoms with Gasteiger partial charge in [0.15, 0.2) is 0 Å². The first kappa shape index (κ1) is 27.8. The predicted octanol–water partition coefficient (Wildman–Crippen LogP) is 4.29. The Morgan fingerprint density at radius 3 is 2.24 bits per heavy atom. The van der Waals surface area contributed by atoms with E-state index < -0.39 is 15.6 Å². The van der Waals surface area contributed by atoms with Gasteiger partial charge >= 0.3 is 0 Å². The molecule has 1 aliphatic heterocycles. The number of carbonyl (C=O) groups excluding carboxylic acids is 1. The van der Waals surface area contributed by atoms with Crippen molar-refractivity contribution in [1.29, 1.82) is 0 Å². The van der Waals surface area contributed by atoms with Crippen LogP contribution < -0.4 is 4.74 Å². The Kier molecular flexibility index (Phi) is 9.61. The molecule has 1 aliphatic rings. The van der Waals surface area contributed by atoms with E-state index in [1.807, 2.05) is 27.7 Å². The SMILES string of the molecule is CC(C)(C)OC=O.CCC1(O)CCCN(S(=O)(=O)c2ccc(OCc3ccc(F)cc3)cc2)C1. The summed E-state index contributed by atoms with van der Waals surface area (Å²) < 4.78 is 50.1. The summed E-state index contributed by atoms with van der Waals surface area (Å²) in [6.07, 6.45) is 1.78. The average molecular weight is 496 g/mol. The van der Waals surface area contributed by atoms with Crippen LogP contribution in [0.1, 0.15) is 52.5 Å². The number of halogens is 1. The second-order valence-electron chi connectivity index (χ2n) is 9.23. The third-order valence-corrected chi connectivity index (χ3v) is 7.22. The number of sulfonamides is 1. The summed E-state index contributed by atoms with van der Waals surface area (Å²) in [7, 11) is -3.66. The predicted molar refractivity (Wildman–Crippen MR) is 127 cm³/mol. The first-order valence-electron chi connectivity index (χ1n) is 11.2. The zero-order valence-electron chi connectivity index (χ0n) is 20.2. The van der Waals surface area contributed by atoms with Crippen molar-refractivity contribution in [2.45, 2.75) is 69.7 Å². The fraction of sp³-hybridized carbons (Fsp3) is 0.480. The molecule has 0 bridgehead atoms. The van der Waals surface area contributed by atoms with E-state index in [1.54, 1.807) is 24.3 Å². The van der Waals surface area contributed by atoms with E-state index >= 15 is 0 Å². The highest BCUT2D eigenvalue weighted by molar-refractivity contribution is 7.89. The molecule has 0 amide bonds. The third-order valence-electron chi connectivity index (χ3n) is 5.36. The number of rotatable bonds is 7. The van der Waals surface area contributed by atoms with E-state index in [0.29, 0.717) is 38.0 Å². The summed E-state index contributed by atoms with van der Waals surface area (Å²) in [5, 5.41) is 10.5. The maximum Gasteiger partial charge on any atom is 0.293 e. The van der Waals surface area contributed by atoms with Crippen LogP contribution in [0.5, 0.6) is 5.75 Å². The van der Waals surface area contributed by atoms with Crippen molar-refractivity contribution in [3.8, 4) is 5.75 Å². The maximum absolute atomic E-state index is 12.9. The summed E-state index contributed by atoms with van der Waals surface area (Å²) in [4.78, 5) is 9.78. The van der Waals surface area contributed by atoms with Gasteiger partial charge in [-0.25, -0.2) is 12.8 Å². The smallest absolute Gasteiger partial charge is 0.293 e. The van der Waals surface area contributed by atoms with Gasteiger partial charge in [0.2, 0.25) is 10.0 Å². The van der Waals surface area contributed by atoms with Crippen molar-refractivity contribution < 1.29 is 32.2 Å². The first-order valence-corrected chi connectivity index (χ1v) is 12.6. The number of hydrogen-bond acceptors (Lipinski definition) is 6. The number of hydrogen-bond donors (Lipinski definition) is 1. The highest BCUT2D eigenvalue weighted by Gasteiger charge is 2.37. The van der Waals surface area contributed by atoms with Gasteiger partial charge < -0.3 is 14.6 Å².